The van der Waals surface area contributed by atoms with Crippen LogP contribution in [0.25, 0.3) is 10.9 Å². The number of amides is 2. The Hall–Kier alpha value is -2.21. The largest absolute Gasteiger partial charge is 0.396 e. The molecule has 1 aliphatic heterocycles. The Bertz CT molecular complexity index is 1330. The molecule has 206 valence electrons. The van der Waals surface area contributed by atoms with Crippen molar-refractivity contribution in [1.29, 1.82) is 0 Å². The average molecular weight is 583 g/mol. The van der Waals surface area contributed by atoms with E-state index in [1.165, 1.54) is 11.3 Å². The van der Waals surface area contributed by atoms with Gasteiger partial charge in [-0.1, -0.05) is 11.6 Å². The molecule has 3 aromatic rings. The molecule has 2 amide bonds. The second-order valence-electron chi connectivity index (χ2n) is 10.6. The molecule has 1 aliphatic carbocycles. The van der Waals surface area contributed by atoms with Crippen LogP contribution in [0.4, 0.5) is 0 Å². The van der Waals surface area contributed by atoms with Crippen molar-refractivity contribution >= 4 is 58.1 Å². The van der Waals surface area contributed by atoms with E-state index in [0.717, 1.165) is 34.4 Å². The van der Waals surface area contributed by atoms with E-state index in [9.17, 15) is 19.8 Å². The van der Waals surface area contributed by atoms with Gasteiger partial charge >= 0.3 is 0 Å². The minimum Gasteiger partial charge on any atom is -0.396 e. The standard InChI is InChI=1S/C26H32ClN5O4S.ClH/c1-26(2,13-34)32-6-5-18-22(11-32)37-25(31-18)24(36)30-20-8-14(12-33)7-19(20)29-23(35)21-10-15-9-16(27)3-4-17(15)28-21;/h3-4,9-10,14,19-20,28,33-34H,5-8,11-13H2,1-2H3,(H,29,35)(H,30,36);1H/t14?,19-,20-;/m1./s1. The van der Waals surface area contributed by atoms with Crippen molar-refractivity contribution in [2.75, 3.05) is 19.8 Å². The summed E-state index contributed by atoms with van der Waals surface area (Å²) in [5.41, 5.74) is 1.82. The molecule has 5 N–H and O–H groups in total. The van der Waals surface area contributed by atoms with Crippen LogP contribution in [0.3, 0.4) is 0 Å². The van der Waals surface area contributed by atoms with Gasteiger partial charge in [0.1, 0.15) is 5.69 Å². The Balaban J connectivity index is 0.00000336. The molecule has 0 radical (unpaired) electrons. The maximum absolute atomic E-state index is 13.2. The average Bonchev–Trinajstić information content (AvgIpc) is 3.59. The van der Waals surface area contributed by atoms with Gasteiger partial charge in [0.25, 0.3) is 11.8 Å². The van der Waals surface area contributed by atoms with Gasteiger partial charge < -0.3 is 25.8 Å². The van der Waals surface area contributed by atoms with Gasteiger partial charge in [0, 0.05) is 64.5 Å². The SMILES string of the molecule is CC(C)(CO)N1CCc2nc(C(=O)N[C@@H]3CC(CO)C[C@H]3NC(=O)c3cc4cc(Cl)ccc4[nH]3)sc2C1.Cl. The van der Waals surface area contributed by atoms with Gasteiger partial charge in [0.2, 0.25) is 0 Å². The number of halogens is 2. The van der Waals surface area contributed by atoms with Gasteiger partial charge in [-0.15, -0.1) is 23.7 Å². The van der Waals surface area contributed by atoms with Gasteiger partial charge in [-0.2, -0.15) is 0 Å². The lowest BCUT2D eigenvalue weighted by Crippen LogP contribution is -2.48. The fraction of sp³-hybridized carbons (Fsp3) is 0.500. The highest BCUT2D eigenvalue weighted by Crippen LogP contribution is 2.31. The molecule has 1 aromatic carbocycles. The van der Waals surface area contributed by atoms with Crippen LogP contribution in [-0.4, -0.2) is 74.3 Å². The number of aromatic amines is 1. The Morgan fingerprint density at radius 3 is 2.58 bits per heavy atom. The molecule has 9 nitrogen and oxygen atoms in total. The molecular formula is C26H33Cl2N5O4S. The summed E-state index contributed by atoms with van der Waals surface area (Å²) in [6.07, 6.45) is 1.87. The molecule has 12 heteroatoms. The molecule has 5 rings (SSSR count). The number of carbonyl (C=O) groups is 2. The van der Waals surface area contributed by atoms with Gasteiger partial charge in [-0.3, -0.25) is 14.5 Å². The number of hydrogen-bond acceptors (Lipinski definition) is 7. The number of H-pyrrole nitrogens is 1. The van der Waals surface area contributed by atoms with Gasteiger partial charge in [0.15, 0.2) is 5.01 Å². The highest BCUT2D eigenvalue weighted by Gasteiger charge is 2.37. The second-order valence-corrected chi connectivity index (χ2v) is 12.1. The number of hydrogen-bond donors (Lipinski definition) is 5. The summed E-state index contributed by atoms with van der Waals surface area (Å²) in [5, 5.41) is 27.4. The molecule has 0 spiro atoms. The highest BCUT2D eigenvalue weighted by atomic mass is 35.5. The quantitative estimate of drug-likeness (QED) is 0.291. The molecule has 1 fully saturated rings. The maximum Gasteiger partial charge on any atom is 0.280 e. The number of thiazole rings is 1. The van der Waals surface area contributed by atoms with Crippen LogP contribution in [0.2, 0.25) is 5.02 Å². The van der Waals surface area contributed by atoms with Crippen molar-refractivity contribution in [3.8, 4) is 0 Å². The van der Waals surface area contributed by atoms with Crippen molar-refractivity contribution < 1.29 is 19.8 Å². The predicted octanol–water partition coefficient (Wildman–Crippen LogP) is 3.13. The summed E-state index contributed by atoms with van der Waals surface area (Å²) < 4.78 is 0. The third kappa shape index (κ3) is 5.85. The number of carbonyl (C=O) groups excluding carboxylic acids is 2. The summed E-state index contributed by atoms with van der Waals surface area (Å²) in [4.78, 5) is 37.2. The van der Waals surface area contributed by atoms with Crippen molar-refractivity contribution in [3.63, 3.8) is 0 Å². The number of aliphatic hydroxyl groups excluding tert-OH is 2. The number of aliphatic hydroxyl groups is 2. The van der Waals surface area contributed by atoms with Gasteiger partial charge in [-0.05, 0) is 56.9 Å². The lowest BCUT2D eigenvalue weighted by molar-refractivity contribution is 0.0471. The van der Waals surface area contributed by atoms with E-state index < -0.39 is 0 Å². The van der Waals surface area contributed by atoms with Crippen LogP contribution in [0.1, 0.15) is 57.6 Å². The van der Waals surface area contributed by atoms with E-state index in [0.29, 0.717) is 35.1 Å². The third-order valence-corrected chi connectivity index (χ3v) is 8.86. The summed E-state index contributed by atoms with van der Waals surface area (Å²) in [7, 11) is 0. The molecule has 3 heterocycles. The Kier molecular flexibility index (Phi) is 8.71. The fourth-order valence-corrected chi connectivity index (χ4v) is 6.43. The normalized spacial score (nSPS) is 21.7. The van der Waals surface area contributed by atoms with Crippen LogP contribution in [-0.2, 0) is 13.0 Å². The summed E-state index contributed by atoms with van der Waals surface area (Å²) in [6.45, 7) is 5.49. The lowest BCUT2D eigenvalue weighted by Gasteiger charge is -2.39. The molecule has 0 bridgehead atoms. The second kappa shape index (κ2) is 11.5. The van der Waals surface area contributed by atoms with Crippen molar-refractivity contribution in [3.05, 3.63) is 50.6 Å². The predicted molar refractivity (Wildman–Crippen MR) is 150 cm³/mol. The number of fused-ring (bicyclic) bond motifs is 2. The summed E-state index contributed by atoms with van der Waals surface area (Å²) in [6, 6.07) is 6.49. The minimum absolute atomic E-state index is 0. The smallest absolute Gasteiger partial charge is 0.280 e. The number of nitrogens with zero attached hydrogens (tertiary/aromatic N) is 2. The Labute approximate surface area is 236 Å². The summed E-state index contributed by atoms with van der Waals surface area (Å²) in [5.74, 6) is -0.558. The van der Waals surface area contributed by atoms with E-state index in [4.69, 9.17) is 11.6 Å². The molecule has 38 heavy (non-hydrogen) atoms. The number of aromatic nitrogens is 2. The number of rotatable bonds is 7. The molecule has 1 unspecified atom stereocenters. The van der Waals surface area contributed by atoms with Crippen LogP contribution in [0.15, 0.2) is 24.3 Å². The fourth-order valence-electron chi connectivity index (χ4n) is 5.22. The van der Waals surface area contributed by atoms with E-state index >= 15 is 0 Å². The monoisotopic (exact) mass is 581 g/mol. The van der Waals surface area contributed by atoms with Crippen LogP contribution < -0.4 is 10.6 Å². The maximum atomic E-state index is 13.2. The topological polar surface area (TPSA) is 131 Å². The van der Waals surface area contributed by atoms with Crippen LogP contribution >= 0.6 is 35.3 Å². The molecule has 0 saturated heterocycles. The van der Waals surface area contributed by atoms with Gasteiger partial charge in [-0.25, -0.2) is 4.98 Å². The molecule has 3 atom stereocenters. The zero-order chi connectivity index (χ0) is 26.3. The Morgan fingerprint density at radius 1 is 1.18 bits per heavy atom. The number of nitrogens with one attached hydrogen (secondary N) is 3. The van der Waals surface area contributed by atoms with Crippen molar-refractivity contribution in [2.45, 2.75) is 57.3 Å². The molecule has 2 aromatic heterocycles. The van der Waals surface area contributed by atoms with E-state index in [1.807, 2.05) is 19.9 Å². The van der Waals surface area contributed by atoms with Crippen LogP contribution in [0, 0.1) is 5.92 Å². The molecule has 1 saturated carbocycles. The summed E-state index contributed by atoms with van der Waals surface area (Å²) >= 11 is 7.45. The first-order valence-corrected chi connectivity index (χ1v) is 13.7. The van der Waals surface area contributed by atoms with Crippen molar-refractivity contribution in [2.24, 2.45) is 5.92 Å². The first kappa shape index (κ1) is 28.8. The zero-order valence-corrected chi connectivity index (χ0v) is 23.7. The van der Waals surface area contributed by atoms with Crippen LogP contribution in [0.5, 0.6) is 0 Å². The van der Waals surface area contributed by atoms with E-state index in [2.05, 4.69) is 25.5 Å². The minimum atomic E-state index is -0.337. The lowest BCUT2D eigenvalue weighted by atomic mass is 10.0. The first-order chi connectivity index (χ1) is 17.7. The van der Waals surface area contributed by atoms with E-state index in [1.54, 1.807) is 18.2 Å². The Morgan fingerprint density at radius 2 is 1.89 bits per heavy atom. The number of benzene rings is 1. The van der Waals surface area contributed by atoms with Gasteiger partial charge in [0.05, 0.1) is 12.3 Å². The molecular weight excluding hydrogens is 549 g/mol. The highest BCUT2D eigenvalue weighted by molar-refractivity contribution is 7.13. The first-order valence-electron chi connectivity index (χ1n) is 12.5. The van der Waals surface area contributed by atoms with E-state index in [-0.39, 0.29) is 61.0 Å². The van der Waals surface area contributed by atoms with Crippen molar-refractivity contribution in [1.82, 2.24) is 25.5 Å². The third-order valence-electron chi connectivity index (χ3n) is 7.55. The molecule has 2 aliphatic rings. The zero-order valence-electron chi connectivity index (χ0n) is 21.3.